The molecule has 1 fully saturated rings. The maximum Gasteiger partial charge on any atom is 0.220 e. The van der Waals surface area contributed by atoms with Crippen LogP contribution in [0.5, 0.6) is 0 Å². The van der Waals surface area contributed by atoms with Crippen molar-refractivity contribution in [3.63, 3.8) is 0 Å². The summed E-state index contributed by atoms with van der Waals surface area (Å²) in [6.07, 6.45) is 2.40. The van der Waals surface area contributed by atoms with Crippen LogP contribution >= 0.6 is 0 Å². The highest BCUT2D eigenvalue weighted by atomic mass is 16.3. The fourth-order valence-corrected chi connectivity index (χ4v) is 1.78. The van der Waals surface area contributed by atoms with E-state index in [9.17, 15) is 4.79 Å². The molecule has 0 radical (unpaired) electrons. The summed E-state index contributed by atoms with van der Waals surface area (Å²) in [4.78, 5) is 11.7. The maximum absolute atomic E-state index is 11.7. The Labute approximate surface area is 91.4 Å². The van der Waals surface area contributed by atoms with Gasteiger partial charge in [-0.3, -0.25) is 4.79 Å². The number of aliphatic hydroxyl groups is 1. The van der Waals surface area contributed by atoms with Crippen molar-refractivity contribution >= 4 is 5.91 Å². The van der Waals surface area contributed by atoms with Crippen LogP contribution in [0.3, 0.4) is 0 Å². The van der Waals surface area contributed by atoms with Gasteiger partial charge < -0.3 is 15.7 Å². The smallest absolute Gasteiger partial charge is 0.220 e. The SMILES string of the molecule is CCC(C)(CO)NC(=O)CC1CCNC1. The zero-order valence-electron chi connectivity index (χ0n) is 9.68. The van der Waals surface area contributed by atoms with E-state index in [2.05, 4.69) is 10.6 Å². The lowest BCUT2D eigenvalue weighted by Gasteiger charge is -2.27. The first-order chi connectivity index (χ1) is 7.09. The van der Waals surface area contributed by atoms with Crippen LogP contribution in [0, 0.1) is 5.92 Å². The maximum atomic E-state index is 11.7. The minimum absolute atomic E-state index is 0.00183. The van der Waals surface area contributed by atoms with Crippen molar-refractivity contribution in [3.05, 3.63) is 0 Å². The van der Waals surface area contributed by atoms with Crippen LogP contribution < -0.4 is 10.6 Å². The second-order valence-electron chi connectivity index (χ2n) is 4.68. The van der Waals surface area contributed by atoms with E-state index in [0.717, 1.165) is 25.9 Å². The number of hydrogen-bond acceptors (Lipinski definition) is 3. The fourth-order valence-electron chi connectivity index (χ4n) is 1.78. The molecule has 0 bridgehead atoms. The molecule has 4 nitrogen and oxygen atoms in total. The zero-order valence-corrected chi connectivity index (χ0v) is 9.68. The van der Waals surface area contributed by atoms with Gasteiger partial charge in [-0.05, 0) is 38.8 Å². The topological polar surface area (TPSA) is 61.4 Å². The molecule has 4 heteroatoms. The van der Waals surface area contributed by atoms with Gasteiger partial charge in [0.2, 0.25) is 5.91 Å². The molecule has 0 aromatic carbocycles. The van der Waals surface area contributed by atoms with E-state index in [4.69, 9.17) is 5.11 Å². The molecule has 1 heterocycles. The van der Waals surface area contributed by atoms with Gasteiger partial charge in [0, 0.05) is 6.42 Å². The molecule has 0 spiro atoms. The Kier molecular flexibility index (Phi) is 4.54. The number of rotatable bonds is 5. The van der Waals surface area contributed by atoms with E-state index in [1.54, 1.807) is 0 Å². The van der Waals surface area contributed by atoms with Crippen molar-refractivity contribution in [2.75, 3.05) is 19.7 Å². The minimum atomic E-state index is -0.455. The van der Waals surface area contributed by atoms with Gasteiger partial charge in [0.25, 0.3) is 0 Å². The average molecular weight is 214 g/mol. The highest BCUT2D eigenvalue weighted by molar-refractivity contribution is 5.77. The van der Waals surface area contributed by atoms with E-state index >= 15 is 0 Å². The minimum Gasteiger partial charge on any atom is -0.394 e. The van der Waals surface area contributed by atoms with E-state index < -0.39 is 5.54 Å². The van der Waals surface area contributed by atoms with E-state index in [0.29, 0.717) is 12.3 Å². The lowest BCUT2D eigenvalue weighted by atomic mass is 9.98. The van der Waals surface area contributed by atoms with Gasteiger partial charge in [-0.2, -0.15) is 0 Å². The Morgan fingerprint density at radius 3 is 2.87 bits per heavy atom. The summed E-state index contributed by atoms with van der Waals surface area (Å²) in [5.74, 6) is 0.520. The Morgan fingerprint density at radius 2 is 2.40 bits per heavy atom. The molecule has 1 aliphatic rings. The van der Waals surface area contributed by atoms with Crippen molar-refractivity contribution in [3.8, 4) is 0 Å². The Balaban J connectivity index is 2.33. The molecule has 2 unspecified atom stereocenters. The van der Waals surface area contributed by atoms with Gasteiger partial charge in [0.1, 0.15) is 0 Å². The summed E-state index contributed by atoms with van der Waals surface area (Å²) in [6, 6.07) is 0. The Morgan fingerprint density at radius 1 is 1.67 bits per heavy atom. The lowest BCUT2D eigenvalue weighted by molar-refractivity contribution is -0.124. The second-order valence-corrected chi connectivity index (χ2v) is 4.68. The molecule has 1 amide bonds. The van der Waals surface area contributed by atoms with Gasteiger partial charge >= 0.3 is 0 Å². The predicted molar refractivity (Wildman–Crippen MR) is 59.5 cm³/mol. The van der Waals surface area contributed by atoms with Crippen molar-refractivity contribution in [1.82, 2.24) is 10.6 Å². The normalized spacial score (nSPS) is 24.9. The Bertz CT molecular complexity index is 209. The highest BCUT2D eigenvalue weighted by Crippen LogP contribution is 2.14. The second kappa shape index (κ2) is 5.47. The molecule has 1 aliphatic heterocycles. The molecule has 1 saturated heterocycles. The van der Waals surface area contributed by atoms with Crippen molar-refractivity contribution in [1.29, 1.82) is 0 Å². The Hall–Kier alpha value is -0.610. The van der Waals surface area contributed by atoms with Crippen LogP contribution in [0.2, 0.25) is 0 Å². The standard InChI is InChI=1S/C11H22N2O2/c1-3-11(2,8-14)13-10(15)6-9-4-5-12-7-9/h9,12,14H,3-8H2,1-2H3,(H,13,15). The molecule has 0 aromatic heterocycles. The quantitative estimate of drug-likeness (QED) is 0.615. The fraction of sp³-hybridized carbons (Fsp3) is 0.909. The van der Waals surface area contributed by atoms with Crippen LogP contribution in [0.15, 0.2) is 0 Å². The van der Waals surface area contributed by atoms with E-state index in [1.165, 1.54) is 0 Å². The predicted octanol–water partition coefficient (Wildman–Crippen LogP) is 0.263. The number of carbonyl (C=O) groups excluding carboxylic acids is 1. The largest absolute Gasteiger partial charge is 0.394 e. The van der Waals surface area contributed by atoms with Crippen LogP contribution in [-0.2, 0) is 4.79 Å². The first kappa shape index (κ1) is 12.5. The lowest BCUT2D eigenvalue weighted by Crippen LogP contribution is -2.48. The zero-order chi connectivity index (χ0) is 11.3. The number of hydrogen-bond donors (Lipinski definition) is 3. The van der Waals surface area contributed by atoms with E-state index in [1.807, 2.05) is 13.8 Å². The highest BCUT2D eigenvalue weighted by Gasteiger charge is 2.25. The van der Waals surface area contributed by atoms with Gasteiger partial charge in [-0.1, -0.05) is 6.92 Å². The molecule has 3 N–H and O–H groups in total. The number of aliphatic hydroxyl groups excluding tert-OH is 1. The number of amides is 1. The monoisotopic (exact) mass is 214 g/mol. The summed E-state index contributed by atoms with van der Waals surface area (Å²) in [5.41, 5.74) is -0.455. The molecular weight excluding hydrogens is 192 g/mol. The molecular formula is C11H22N2O2. The van der Waals surface area contributed by atoms with Crippen molar-refractivity contribution in [2.24, 2.45) is 5.92 Å². The first-order valence-electron chi connectivity index (χ1n) is 5.72. The van der Waals surface area contributed by atoms with Gasteiger partial charge in [-0.15, -0.1) is 0 Å². The molecule has 88 valence electrons. The molecule has 0 saturated carbocycles. The van der Waals surface area contributed by atoms with Crippen LogP contribution in [0.25, 0.3) is 0 Å². The summed E-state index contributed by atoms with van der Waals surface area (Å²) in [7, 11) is 0. The van der Waals surface area contributed by atoms with Crippen LogP contribution in [0.1, 0.15) is 33.1 Å². The molecule has 0 aromatic rings. The van der Waals surface area contributed by atoms with Crippen LogP contribution in [0.4, 0.5) is 0 Å². The van der Waals surface area contributed by atoms with Crippen molar-refractivity contribution < 1.29 is 9.90 Å². The third kappa shape index (κ3) is 3.80. The van der Waals surface area contributed by atoms with Crippen molar-refractivity contribution in [2.45, 2.75) is 38.6 Å². The molecule has 1 rings (SSSR count). The summed E-state index contributed by atoms with van der Waals surface area (Å²) in [5, 5.41) is 15.3. The third-order valence-corrected chi connectivity index (χ3v) is 3.21. The summed E-state index contributed by atoms with van der Waals surface area (Å²) < 4.78 is 0. The molecule has 0 aliphatic carbocycles. The number of carbonyl (C=O) groups is 1. The molecule has 15 heavy (non-hydrogen) atoms. The van der Waals surface area contributed by atoms with Crippen LogP contribution in [-0.4, -0.2) is 36.2 Å². The summed E-state index contributed by atoms with van der Waals surface area (Å²) >= 11 is 0. The van der Waals surface area contributed by atoms with Gasteiger partial charge in [0.15, 0.2) is 0 Å². The summed E-state index contributed by atoms with van der Waals surface area (Å²) in [6.45, 7) is 5.79. The molecule has 2 atom stereocenters. The van der Waals surface area contributed by atoms with E-state index in [-0.39, 0.29) is 12.5 Å². The third-order valence-electron chi connectivity index (χ3n) is 3.21. The first-order valence-corrected chi connectivity index (χ1v) is 5.72. The number of nitrogens with one attached hydrogen (secondary N) is 2. The van der Waals surface area contributed by atoms with Gasteiger partial charge in [-0.25, -0.2) is 0 Å². The van der Waals surface area contributed by atoms with Gasteiger partial charge in [0.05, 0.1) is 12.1 Å². The average Bonchev–Trinajstić information content (AvgIpc) is 2.70.